The Morgan fingerprint density at radius 3 is 2.42 bits per heavy atom. The van der Waals surface area contributed by atoms with Crippen molar-refractivity contribution in [1.29, 1.82) is 5.26 Å². The molecule has 2 atom stereocenters. The third-order valence-electron chi connectivity index (χ3n) is 5.95. The number of rotatable bonds is 5. The maximum atomic E-state index is 10.9. The van der Waals surface area contributed by atoms with Crippen molar-refractivity contribution < 1.29 is 14.1 Å². The van der Waals surface area contributed by atoms with Crippen LogP contribution >= 0.6 is 0 Å². The Hall–Kier alpha value is -2.96. The highest BCUT2D eigenvalue weighted by atomic mass is 16.6. The van der Waals surface area contributed by atoms with E-state index in [4.69, 9.17) is 9.15 Å². The van der Waals surface area contributed by atoms with E-state index >= 15 is 0 Å². The maximum Gasteiger partial charge on any atom is 0.269 e. The minimum atomic E-state index is -0.451. The molecule has 1 aromatic heterocycles. The van der Waals surface area contributed by atoms with Gasteiger partial charge in [0.2, 0.25) is 17.5 Å². The lowest BCUT2D eigenvalue weighted by Gasteiger charge is -2.39. The van der Waals surface area contributed by atoms with E-state index in [0.29, 0.717) is 23.3 Å². The molecule has 0 saturated carbocycles. The molecule has 0 bridgehead atoms. The van der Waals surface area contributed by atoms with Crippen LogP contribution in [0.2, 0.25) is 0 Å². The van der Waals surface area contributed by atoms with Gasteiger partial charge in [0.15, 0.2) is 0 Å². The number of nitriles is 1. The molecule has 164 valence electrons. The third-order valence-corrected chi connectivity index (χ3v) is 5.95. The quantitative estimate of drug-likeness (QED) is 0.529. The normalized spacial score (nSPS) is 22.9. The molecular formula is C22H27N5O4. The van der Waals surface area contributed by atoms with Crippen LogP contribution in [-0.2, 0) is 4.74 Å². The number of piperidine rings is 1. The van der Waals surface area contributed by atoms with Crippen molar-refractivity contribution >= 4 is 11.6 Å². The summed E-state index contributed by atoms with van der Waals surface area (Å²) in [6, 6.07) is 8.11. The van der Waals surface area contributed by atoms with E-state index in [-0.39, 0.29) is 23.6 Å². The minimum absolute atomic E-state index is 0.00200. The molecule has 2 unspecified atom stereocenters. The van der Waals surface area contributed by atoms with Gasteiger partial charge in [0.1, 0.15) is 6.07 Å². The van der Waals surface area contributed by atoms with Crippen molar-refractivity contribution in [3.8, 4) is 17.5 Å². The zero-order valence-electron chi connectivity index (χ0n) is 17.9. The summed E-state index contributed by atoms with van der Waals surface area (Å²) in [5.41, 5.74) is 0.864. The second-order valence-corrected chi connectivity index (χ2v) is 8.49. The van der Waals surface area contributed by atoms with Crippen LogP contribution in [0.4, 0.5) is 11.6 Å². The average Bonchev–Trinajstić information content (AvgIpc) is 3.18. The second kappa shape index (κ2) is 9.04. The van der Waals surface area contributed by atoms with E-state index in [2.05, 4.69) is 34.7 Å². The first-order valence-corrected chi connectivity index (χ1v) is 10.7. The van der Waals surface area contributed by atoms with Crippen molar-refractivity contribution in [1.82, 2.24) is 9.88 Å². The summed E-state index contributed by atoms with van der Waals surface area (Å²) in [5.74, 6) is 1.40. The number of benzene rings is 1. The number of morpholine rings is 1. The van der Waals surface area contributed by atoms with Crippen LogP contribution in [0, 0.1) is 27.4 Å². The van der Waals surface area contributed by atoms with Gasteiger partial charge in [-0.1, -0.05) is 0 Å². The topological polar surface area (TPSA) is 109 Å². The SMILES string of the molecule is CC1CN(CC2CCN(c3oc(-c4ccc([N+](=O)[O-])cc4)nc3C#N)CC2)CC(C)O1. The van der Waals surface area contributed by atoms with Gasteiger partial charge in [0.05, 0.1) is 17.1 Å². The number of nitro benzene ring substituents is 1. The maximum absolute atomic E-state index is 10.9. The van der Waals surface area contributed by atoms with Crippen LogP contribution < -0.4 is 4.90 Å². The largest absolute Gasteiger partial charge is 0.419 e. The lowest BCUT2D eigenvalue weighted by atomic mass is 9.95. The first-order chi connectivity index (χ1) is 14.9. The molecule has 31 heavy (non-hydrogen) atoms. The number of hydrogen-bond donors (Lipinski definition) is 0. The van der Waals surface area contributed by atoms with Gasteiger partial charge in [-0.25, -0.2) is 0 Å². The van der Waals surface area contributed by atoms with E-state index < -0.39 is 4.92 Å². The molecule has 0 radical (unpaired) electrons. The highest BCUT2D eigenvalue weighted by molar-refractivity contribution is 5.61. The fourth-order valence-corrected chi connectivity index (χ4v) is 4.57. The van der Waals surface area contributed by atoms with Gasteiger partial charge in [0.25, 0.3) is 5.69 Å². The number of nitrogens with zero attached hydrogens (tertiary/aromatic N) is 5. The molecule has 9 heteroatoms. The van der Waals surface area contributed by atoms with Gasteiger partial charge >= 0.3 is 0 Å². The summed E-state index contributed by atoms with van der Waals surface area (Å²) in [4.78, 5) is 19.3. The number of aromatic nitrogens is 1. The highest BCUT2D eigenvalue weighted by Gasteiger charge is 2.29. The predicted molar refractivity (Wildman–Crippen MR) is 115 cm³/mol. The van der Waals surface area contributed by atoms with E-state index in [0.717, 1.165) is 45.6 Å². The molecule has 3 heterocycles. The molecule has 2 aromatic rings. The Labute approximate surface area is 181 Å². The Bertz CT molecular complexity index is 949. The number of hydrogen-bond acceptors (Lipinski definition) is 8. The lowest BCUT2D eigenvalue weighted by Crippen LogP contribution is -2.48. The van der Waals surface area contributed by atoms with Gasteiger partial charge < -0.3 is 14.1 Å². The molecule has 0 spiro atoms. The van der Waals surface area contributed by atoms with Crippen molar-refractivity contribution in [3.63, 3.8) is 0 Å². The molecule has 2 fully saturated rings. The Kier molecular flexibility index (Phi) is 6.20. The van der Waals surface area contributed by atoms with Gasteiger partial charge in [-0.15, -0.1) is 0 Å². The minimum Gasteiger partial charge on any atom is -0.419 e. The van der Waals surface area contributed by atoms with Gasteiger partial charge in [-0.05, 0) is 44.7 Å². The van der Waals surface area contributed by atoms with E-state index in [1.807, 2.05) is 0 Å². The van der Waals surface area contributed by atoms with Crippen LogP contribution in [-0.4, -0.2) is 59.7 Å². The Morgan fingerprint density at radius 1 is 1.19 bits per heavy atom. The van der Waals surface area contributed by atoms with Crippen LogP contribution in [0.25, 0.3) is 11.5 Å². The average molecular weight is 425 g/mol. The molecule has 4 rings (SSSR count). The third kappa shape index (κ3) is 4.86. The van der Waals surface area contributed by atoms with Crippen molar-refractivity contribution in [2.75, 3.05) is 37.6 Å². The first-order valence-electron chi connectivity index (χ1n) is 10.7. The summed E-state index contributed by atoms with van der Waals surface area (Å²) in [5, 5.41) is 20.4. The molecule has 2 aliphatic rings. The lowest BCUT2D eigenvalue weighted by molar-refractivity contribution is -0.384. The van der Waals surface area contributed by atoms with E-state index in [9.17, 15) is 15.4 Å². The Balaban J connectivity index is 1.40. The van der Waals surface area contributed by atoms with Crippen LogP contribution in [0.3, 0.4) is 0 Å². The second-order valence-electron chi connectivity index (χ2n) is 8.49. The number of ether oxygens (including phenoxy) is 1. The van der Waals surface area contributed by atoms with Crippen LogP contribution in [0.15, 0.2) is 28.7 Å². The standard InChI is InChI=1S/C22H27N5O4/c1-15-12-25(13-16(2)30-15)14-17-7-9-26(10-8-17)22-20(11-23)24-21(31-22)18-3-5-19(6-4-18)27(28)29/h3-6,15-17H,7-10,12-14H2,1-2H3. The van der Waals surface area contributed by atoms with Crippen molar-refractivity contribution in [2.24, 2.45) is 5.92 Å². The number of anilines is 1. The molecule has 0 amide bonds. The molecule has 9 nitrogen and oxygen atoms in total. The number of nitro groups is 1. The fourth-order valence-electron chi connectivity index (χ4n) is 4.57. The summed E-state index contributed by atoms with van der Waals surface area (Å²) in [6.07, 6.45) is 2.60. The Morgan fingerprint density at radius 2 is 1.84 bits per heavy atom. The summed E-state index contributed by atoms with van der Waals surface area (Å²) >= 11 is 0. The van der Waals surface area contributed by atoms with Crippen LogP contribution in [0.5, 0.6) is 0 Å². The van der Waals surface area contributed by atoms with Gasteiger partial charge in [-0.2, -0.15) is 10.2 Å². The molecular weight excluding hydrogens is 398 g/mol. The number of non-ortho nitro benzene ring substituents is 1. The fraction of sp³-hybridized carbons (Fsp3) is 0.545. The van der Waals surface area contributed by atoms with Crippen molar-refractivity contribution in [3.05, 3.63) is 40.1 Å². The van der Waals surface area contributed by atoms with E-state index in [1.54, 1.807) is 12.1 Å². The summed E-state index contributed by atoms with van der Waals surface area (Å²) in [7, 11) is 0. The van der Waals surface area contributed by atoms with Crippen molar-refractivity contribution in [2.45, 2.75) is 38.9 Å². The molecule has 1 aromatic carbocycles. The highest BCUT2D eigenvalue weighted by Crippen LogP contribution is 2.32. The molecule has 0 aliphatic carbocycles. The molecule has 2 aliphatic heterocycles. The van der Waals surface area contributed by atoms with Crippen LogP contribution in [0.1, 0.15) is 32.4 Å². The first kappa shape index (κ1) is 21.3. The summed E-state index contributed by atoms with van der Waals surface area (Å²) < 4.78 is 11.8. The predicted octanol–water partition coefficient (Wildman–Crippen LogP) is 3.45. The zero-order chi connectivity index (χ0) is 22.0. The number of oxazole rings is 1. The van der Waals surface area contributed by atoms with E-state index in [1.165, 1.54) is 12.1 Å². The zero-order valence-corrected chi connectivity index (χ0v) is 17.9. The molecule has 0 N–H and O–H groups in total. The van der Waals surface area contributed by atoms with Gasteiger partial charge in [-0.3, -0.25) is 15.0 Å². The van der Waals surface area contributed by atoms with Gasteiger partial charge in [0, 0.05) is 50.4 Å². The monoisotopic (exact) mass is 425 g/mol. The molecule has 2 saturated heterocycles. The smallest absolute Gasteiger partial charge is 0.269 e. The summed E-state index contributed by atoms with van der Waals surface area (Å²) in [6.45, 7) is 8.89.